The highest BCUT2D eigenvalue weighted by molar-refractivity contribution is 7.13. The number of aliphatic carboxylic acids is 1. The number of carbonyl (C=O) groups excluding carboxylic acids is 1. The second-order valence-electron chi connectivity index (χ2n) is 4.27. The molecule has 0 aliphatic rings. The fraction of sp³-hybridized carbons (Fsp3) is 0.583. The highest BCUT2D eigenvalue weighted by atomic mass is 32.1. The van der Waals surface area contributed by atoms with Gasteiger partial charge in [0.1, 0.15) is 0 Å². The van der Waals surface area contributed by atoms with Crippen molar-refractivity contribution >= 4 is 28.3 Å². The van der Waals surface area contributed by atoms with Gasteiger partial charge in [0.25, 0.3) is 0 Å². The minimum Gasteiger partial charge on any atom is -0.481 e. The van der Waals surface area contributed by atoms with E-state index < -0.39 is 5.97 Å². The van der Waals surface area contributed by atoms with Crippen LogP contribution in [0, 0.1) is 0 Å². The van der Waals surface area contributed by atoms with Gasteiger partial charge >= 0.3 is 5.97 Å². The van der Waals surface area contributed by atoms with Crippen LogP contribution in [-0.4, -0.2) is 34.6 Å². The predicted molar refractivity (Wildman–Crippen MR) is 74.5 cm³/mol. The quantitative estimate of drug-likeness (QED) is 0.673. The molecule has 0 radical (unpaired) electrons. The molecule has 0 fully saturated rings. The third-order valence-electron chi connectivity index (χ3n) is 2.53. The van der Waals surface area contributed by atoms with Gasteiger partial charge in [-0.2, -0.15) is 0 Å². The molecule has 1 aromatic rings. The van der Waals surface area contributed by atoms with Crippen LogP contribution in [0.4, 0.5) is 5.13 Å². The molecule has 0 saturated heterocycles. The molecule has 1 heterocycles. The summed E-state index contributed by atoms with van der Waals surface area (Å²) in [5.41, 5.74) is 0.532. The summed E-state index contributed by atoms with van der Waals surface area (Å²) in [5, 5.41) is 16.9. The van der Waals surface area contributed by atoms with Crippen molar-refractivity contribution in [3.8, 4) is 0 Å². The van der Waals surface area contributed by atoms with Crippen molar-refractivity contribution < 1.29 is 14.7 Å². The number of hydrogen-bond donors (Lipinski definition) is 3. The Morgan fingerprint density at radius 2 is 2.26 bits per heavy atom. The summed E-state index contributed by atoms with van der Waals surface area (Å²) < 4.78 is 0. The van der Waals surface area contributed by atoms with Gasteiger partial charge in [-0.3, -0.25) is 9.59 Å². The van der Waals surface area contributed by atoms with Crippen molar-refractivity contribution in [3.05, 3.63) is 11.1 Å². The second-order valence-corrected chi connectivity index (χ2v) is 5.13. The lowest BCUT2D eigenvalue weighted by Gasteiger charge is -2.11. The lowest BCUT2D eigenvalue weighted by Crippen LogP contribution is -2.32. The molecular weight excluding hydrogens is 266 g/mol. The van der Waals surface area contributed by atoms with Crippen LogP contribution < -0.4 is 10.6 Å². The number of carboxylic acid groups (broad SMARTS) is 1. The third-order valence-corrected chi connectivity index (χ3v) is 3.38. The van der Waals surface area contributed by atoms with E-state index in [0.717, 1.165) is 6.42 Å². The molecule has 1 rings (SSSR count). The van der Waals surface area contributed by atoms with Crippen molar-refractivity contribution in [1.82, 2.24) is 10.3 Å². The van der Waals surface area contributed by atoms with Gasteiger partial charge in [0, 0.05) is 24.4 Å². The average Bonchev–Trinajstić information content (AvgIpc) is 2.75. The number of amides is 1. The first-order valence-corrected chi connectivity index (χ1v) is 7.08. The first kappa shape index (κ1) is 15.4. The van der Waals surface area contributed by atoms with Crippen LogP contribution in [0.5, 0.6) is 0 Å². The third kappa shape index (κ3) is 6.19. The Balaban J connectivity index is 2.27. The SMILES string of the molecule is CCC(C)NC(=O)CCNc1nc(CC(=O)O)cs1. The fourth-order valence-corrected chi connectivity index (χ4v) is 2.10. The second kappa shape index (κ2) is 7.73. The van der Waals surface area contributed by atoms with Crippen LogP contribution in [-0.2, 0) is 16.0 Å². The number of anilines is 1. The summed E-state index contributed by atoms with van der Waals surface area (Å²) in [6.45, 7) is 4.47. The zero-order valence-electron chi connectivity index (χ0n) is 11.1. The zero-order valence-corrected chi connectivity index (χ0v) is 11.9. The number of rotatable bonds is 8. The van der Waals surface area contributed by atoms with E-state index >= 15 is 0 Å². The van der Waals surface area contributed by atoms with Gasteiger partial charge in [0.15, 0.2) is 5.13 Å². The minimum atomic E-state index is -0.898. The molecule has 1 amide bonds. The summed E-state index contributed by atoms with van der Waals surface area (Å²) in [5.74, 6) is -0.894. The Hall–Kier alpha value is -1.63. The Bertz CT molecular complexity index is 434. The molecular formula is C12H19N3O3S. The van der Waals surface area contributed by atoms with Gasteiger partial charge in [-0.15, -0.1) is 11.3 Å². The first-order chi connectivity index (χ1) is 9.01. The normalized spacial score (nSPS) is 11.9. The maximum atomic E-state index is 11.5. The van der Waals surface area contributed by atoms with E-state index in [-0.39, 0.29) is 18.4 Å². The molecule has 1 atom stereocenters. The standard InChI is InChI=1S/C12H19N3O3S/c1-3-8(2)14-10(16)4-5-13-12-15-9(7-19-12)6-11(17)18/h7-8H,3-6H2,1-2H3,(H,13,15)(H,14,16)(H,17,18). The number of carboxylic acids is 1. The van der Waals surface area contributed by atoms with Crippen molar-refractivity contribution in [2.24, 2.45) is 0 Å². The van der Waals surface area contributed by atoms with E-state index in [4.69, 9.17) is 5.11 Å². The highest BCUT2D eigenvalue weighted by Gasteiger charge is 2.07. The number of nitrogens with one attached hydrogen (secondary N) is 2. The highest BCUT2D eigenvalue weighted by Crippen LogP contribution is 2.15. The molecule has 0 aromatic carbocycles. The van der Waals surface area contributed by atoms with Crippen molar-refractivity contribution in [3.63, 3.8) is 0 Å². The van der Waals surface area contributed by atoms with E-state index in [1.807, 2.05) is 13.8 Å². The van der Waals surface area contributed by atoms with Crippen LogP contribution in [0.2, 0.25) is 0 Å². The molecule has 3 N–H and O–H groups in total. The fourth-order valence-electron chi connectivity index (χ4n) is 1.36. The Labute approximate surface area is 116 Å². The molecule has 0 spiro atoms. The topological polar surface area (TPSA) is 91.3 Å². The maximum Gasteiger partial charge on any atom is 0.309 e. The summed E-state index contributed by atoms with van der Waals surface area (Å²) in [6.07, 6.45) is 1.20. The maximum absolute atomic E-state index is 11.5. The van der Waals surface area contributed by atoms with E-state index in [2.05, 4.69) is 15.6 Å². The van der Waals surface area contributed by atoms with E-state index in [1.165, 1.54) is 11.3 Å². The number of nitrogens with zero attached hydrogens (tertiary/aromatic N) is 1. The van der Waals surface area contributed by atoms with Crippen LogP contribution >= 0.6 is 11.3 Å². The van der Waals surface area contributed by atoms with Crippen LogP contribution in [0.25, 0.3) is 0 Å². The zero-order chi connectivity index (χ0) is 14.3. The van der Waals surface area contributed by atoms with E-state index in [0.29, 0.717) is 23.8 Å². The van der Waals surface area contributed by atoms with Crippen LogP contribution in [0.15, 0.2) is 5.38 Å². The van der Waals surface area contributed by atoms with Gasteiger partial charge in [-0.25, -0.2) is 4.98 Å². The Morgan fingerprint density at radius 1 is 1.53 bits per heavy atom. The molecule has 1 unspecified atom stereocenters. The molecule has 7 heteroatoms. The largest absolute Gasteiger partial charge is 0.481 e. The Morgan fingerprint density at radius 3 is 2.89 bits per heavy atom. The summed E-state index contributed by atoms with van der Waals surface area (Å²) in [7, 11) is 0. The summed E-state index contributed by atoms with van der Waals surface area (Å²) >= 11 is 1.34. The molecule has 6 nitrogen and oxygen atoms in total. The molecule has 106 valence electrons. The monoisotopic (exact) mass is 285 g/mol. The molecule has 0 bridgehead atoms. The van der Waals surface area contributed by atoms with Gasteiger partial charge in [0.05, 0.1) is 12.1 Å². The van der Waals surface area contributed by atoms with E-state index in [1.54, 1.807) is 5.38 Å². The van der Waals surface area contributed by atoms with Crippen molar-refractivity contribution in [1.29, 1.82) is 0 Å². The molecule has 1 aromatic heterocycles. The number of hydrogen-bond acceptors (Lipinski definition) is 5. The first-order valence-electron chi connectivity index (χ1n) is 6.20. The number of aromatic nitrogens is 1. The summed E-state index contributed by atoms with van der Waals surface area (Å²) in [6, 6.07) is 0.189. The van der Waals surface area contributed by atoms with Gasteiger partial charge in [0.2, 0.25) is 5.91 Å². The van der Waals surface area contributed by atoms with Gasteiger partial charge in [-0.05, 0) is 13.3 Å². The Kier molecular flexibility index (Phi) is 6.27. The summed E-state index contributed by atoms with van der Waals surface area (Å²) in [4.78, 5) is 26.1. The number of carbonyl (C=O) groups is 2. The minimum absolute atomic E-state index is 0.00386. The predicted octanol–water partition coefficient (Wildman–Crippen LogP) is 1.49. The van der Waals surface area contributed by atoms with Gasteiger partial charge < -0.3 is 15.7 Å². The molecule has 19 heavy (non-hydrogen) atoms. The average molecular weight is 285 g/mol. The smallest absolute Gasteiger partial charge is 0.309 e. The lowest BCUT2D eigenvalue weighted by atomic mass is 10.2. The van der Waals surface area contributed by atoms with Crippen molar-refractivity contribution in [2.45, 2.75) is 39.2 Å². The molecule has 0 aliphatic heterocycles. The van der Waals surface area contributed by atoms with Crippen LogP contribution in [0.1, 0.15) is 32.4 Å². The van der Waals surface area contributed by atoms with Crippen LogP contribution in [0.3, 0.4) is 0 Å². The molecule has 0 saturated carbocycles. The van der Waals surface area contributed by atoms with E-state index in [9.17, 15) is 9.59 Å². The number of thiazole rings is 1. The molecule has 0 aliphatic carbocycles. The van der Waals surface area contributed by atoms with Gasteiger partial charge in [-0.1, -0.05) is 6.92 Å². The lowest BCUT2D eigenvalue weighted by molar-refractivity contribution is -0.136. The van der Waals surface area contributed by atoms with Crippen molar-refractivity contribution in [2.75, 3.05) is 11.9 Å².